The molecule has 7 nitrogen and oxygen atoms in total. The van der Waals surface area contributed by atoms with Crippen LogP contribution in [0, 0.1) is 39.4 Å². The number of nitrogens with zero attached hydrogens (tertiary/aromatic N) is 4. The van der Waals surface area contributed by atoms with Gasteiger partial charge in [-0.05, 0) is 113 Å². The van der Waals surface area contributed by atoms with Gasteiger partial charge in [0.15, 0.2) is 28.0 Å². The highest BCUT2D eigenvalue weighted by atomic mass is 127. The second-order valence-electron chi connectivity index (χ2n) is 19.0. The molecule has 1 atom stereocenters. The second kappa shape index (κ2) is 18.5. The van der Waals surface area contributed by atoms with Crippen LogP contribution < -0.4 is 4.90 Å². The largest absolute Gasteiger partial charge is 0.470 e. The number of allylic oxidation sites excluding steroid dienone is 8. The number of anilines is 1. The molecule has 0 saturated carbocycles. The third-order valence-corrected chi connectivity index (χ3v) is 22.3. The van der Waals surface area contributed by atoms with E-state index >= 15 is 0 Å². The smallest absolute Gasteiger partial charge is 0.432 e. The Morgan fingerprint density at radius 2 is 1.36 bits per heavy atom. The Morgan fingerprint density at radius 1 is 0.845 bits per heavy atom. The van der Waals surface area contributed by atoms with E-state index in [9.17, 15) is 29.0 Å². The quantitative estimate of drug-likeness (QED) is 0.110. The zero-order valence-electron chi connectivity index (χ0n) is 36.5. The van der Waals surface area contributed by atoms with Gasteiger partial charge in [-0.15, -0.1) is 0 Å². The van der Waals surface area contributed by atoms with E-state index < -0.39 is 50.9 Å². The molecule has 1 aliphatic heterocycles. The van der Waals surface area contributed by atoms with Crippen LogP contribution in [0.5, 0.6) is 0 Å². The Balaban J connectivity index is 1.92. The fourth-order valence-electron chi connectivity index (χ4n) is 6.14. The predicted octanol–water partition coefficient (Wildman–Crippen LogP) is 13.0. The van der Waals surface area contributed by atoms with Crippen LogP contribution in [0.4, 0.5) is 18.9 Å². The normalized spacial score (nSPS) is 20.1. The number of rotatable bonds is 13. The summed E-state index contributed by atoms with van der Waals surface area (Å²) in [5, 5.41) is 28.7. The minimum Gasteiger partial charge on any atom is -0.470 e. The zero-order chi connectivity index (χ0) is 44.1. The lowest BCUT2D eigenvalue weighted by molar-refractivity contribution is -0.236. The van der Waals surface area contributed by atoms with Gasteiger partial charge >= 0.3 is 6.18 Å². The molecule has 1 aliphatic carbocycles. The molecule has 0 amide bonds. The minimum absolute atomic E-state index is 0.125. The molecule has 0 bridgehead atoms. The molecule has 0 saturated heterocycles. The highest BCUT2D eigenvalue weighted by molar-refractivity contribution is 14.1. The molecular weight excluding hydrogens is 885 g/mol. The number of nitriles is 3. The fraction of sp³-hybridized carbons (Fsp3) is 0.533. The average molecular weight is 945 g/mol. The first-order chi connectivity index (χ1) is 26.5. The van der Waals surface area contributed by atoms with Crippen LogP contribution in [0.2, 0.25) is 36.3 Å². The molecule has 0 aromatic heterocycles. The van der Waals surface area contributed by atoms with Crippen LogP contribution in [0.25, 0.3) is 6.08 Å². The van der Waals surface area contributed by atoms with Crippen molar-refractivity contribution in [2.24, 2.45) is 5.41 Å². The summed E-state index contributed by atoms with van der Waals surface area (Å²) in [7, 11) is -3.82. The summed E-state index contributed by atoms with van der Waals surface area (Å²) in [6.45, 7) is 30.5. The van der Waals surface area contributed by atoms with E-state index in [0.717, 1.165) is 52.4 Å². The van der Waals surface area contributed by atoms with Crippen LogP contribution in [-0.4, -0.2) is 54.7 Å². The second-order valence-corrected chi connectivity index (χ2v) is 29.7. The minimum atomic E-state index is -4.92. The van der Waals surface area contributed by atoms with Crippen molar-refractivity contribution in [2.45, 2.75) is 123 Å². The summed E-state index contributed by atoms with van der Waals surface area (Å²) in [6, 6.07) is 13.3. The van der Waals surface area contributed by atoms with Crippen LogP contribution in [0.1, 0.15) is 80.7 Å². The van der Waals surface area contributed by atoms with E-state index in [4.69, 9.17) is 13.6 Å². The Kier molecular flexibility index (Phi) is 15.6. The van der Waals surface area contributed by atoms with Gasteiger partial charge in [-0.2, -0.15) is 29.0 Å². The number of benzene rings is 1. The standard InChI is InChI=1S/C45H60F3IN4O3Si2/c1-41(2,3)57(10,11)54-25-23-53(24-26-55-58(12,13)42(4,5)6)36-21-18-32(19-22-36)17-20-34-28-43(7,8)27-33(39(34)49)15-14-16-38-37(31-52)40(35(29-50)30-51)56-44(38,9)45(46,47)48/h14-22H,23-28H2,1-13H3. The summed E-state index contributed by atoms with van der Waals surface area (Å²) >= 11 is 2.29. The Labute approximate surface area is 361 Å². The van der Waals surface area contributed by atoms with E-state index in [1.165, 1.54) is 12.2 Å². The Bertz CT molecular complexity index is 1960. The molecule has 0 radical (unpaired) electrons. The van der Waals surface area contributed by atoms with E-state index in [2.05, 4.69) is 145 Å². The molecule has 0 fully saturated rings. The van der Waals surface area contributed by atoms with E-state index in [-0.39, 0.29) is 15.5 Å². The molecule has 1 aromatic rings. The van der Waals surface area contributed by atoms with Gasteiger partial charge in [0.05, 0.1) is 13.2 Å². The van der Waals surface area contributed by atoms with Gasteiger partial charge in [0.25, 0.3) is 0 Å². The van der Waals surface area contributed by atoms with Crippen LogP contribution >= 0.6 is 22.6 Å². The Hall–Kier alpha value is -3.40. The molecule has 0 N–H and O–H groups in total. The molecule has 1 heterocycles. The lowest BCUT2D eigenvalue weighted by atomic mass is 9.75. The molecule has 314 valence electrons. The van der Waals surface area contributed by atoms with E-state index in [1.54, 1.807) is 24.3 Å². The molecular formula is C45H60F3IN4O3Si2. The maximum absolute atomic E-state index is 14.3. The van der Waals surface area contributed by atoms with Gasteiger partial charge in [0.2, 0.25) is 5.60 Å². The summed E-state index contributed by atoms with van der Waals surface area (Å²) < 4.78 is 62.3. The number of halogens is 4. The summed E-state index contributed by atoms with van der Waals surface area (Å²) in [6.07, 6.45) is 5.21. The third kappa shape index (κ3) is 11.7. The SMILES string of the molecule is CC1(C)CC(=CC=CC2=C(C#N)C(=C(C#N)C#N)OC2(C)C(F)(F)F)C(I)=C(C=Cc2ccc(N(CCO[Si](C)(C)C(C)(C)C)CCO[Si](C)(C)C(C)(C)C)cc2)C1. The topological polar surface area (TPSA) is 102 Å². The van der Waals surface area contributed by atoms with Gasteiger partial charge < -0.3 is 18.5 Å². The van der Waals surface area contributed by atoms with Crippen molar-refractivity contribution in [1.82, 2.24) is 0 Å². The molecule has 58 heavy (non-hydrogen) atoms. The molecule has 1 unspecified atom stereocenters. The van der Waals surface area contributed by atoms with Crippen LogP contribution in [0.15, 0.2) is 85.8 Å². The van der Waals surface area contributed by atoms with Crippen molar-refractivity contribution in [2.75, 3.05) is 31.2 Å². The first-order valence-electron chi connectivity index (χ1n) is 19.6. The highest BCUT2D eigenvalue weighted by Gasteiger charge is 2.60. The van der Waals surface area contributed by atoms with Crippen molar-refractivity contribution in [3.8, 4) is 18.2 Å². The van der Waals surface area contributed by atoms with Crippen molar-refractivity contribution in [3.05, 3.63) is 91.3 Å². The highest BCUT2D eigenvalue weighted by Crippen LogP contribution is 2.50. The summed E-state index contributed by atoms with van der Waals surface area (Å²) in [5.41, 5.74) is -0.500. The Morgan fingerprint density at radius 3 is 1.81 bits per heavy atom. The molecule has 13 heteroatoms. The van der Waals surface area contributed by atoms with Gasteiger partial charge in [-0.25, -0.2) is 0 Å². The van der Waals surface area contributed by atoms with Gasteiger partial charge in [-0.3, -0.25) is 0 Å². The molecule has 0 spiro atoms. The fourth-order valence-corrected chi connectivity index (χ4v) is 8.95. The first kappa shape index (κ1) is 49.0. The third-order valence-electron chi connectivity index (χ3n) is 11.9. The molecule has 2 aliphatic rings. The maximum atomic E-state index is 14.3. The number of alkyl halides is 3. The first-order valence-corrected chi connectivity index (χ1v) is 26.5. The van der Waals surface area contributed by atoms with E-state index in [0.29, 0.717) is 19.6 Å². The monoisotopic (exact) mass is 944 g/mol. The van der Waals surface area contributed by atoms with Gasteiger partial charge in [0, 0.05) is 27.9 Å². The van der Waals surface area contributed by atoms with Gasteiger partial charge in [-0.1, -0.05) is 97.9 Å². The lowest BCUT2D eigenvalue weighted by Crippen LogP contribution is -2.44. The number of hydrogen-bond acceptors (Lipinski definition) is 7. The predicted molar refractivity (Wildman–Crippen MR) is 242 cm³/mol. The van der Waals surface area contributed by atoms with Gasteiger partial charge in [0.1, 0.15) is 23.8 Å². The van der Waals surface area contributed by atoms with E-state index in [1.807, 2.05) is 0 Å². The van der Waals surface area contributed by atoms with Crippen LogP contribution in [0.3, 0.4) is 0 Å². The zero-order valence-corrected chi connectivity index (χ0v) is 40.6. The molecule has 3 rings (SSSR count). The van der Waals surface area contributed by atoms with Crippen molar-refractivity contribution in [1.29, 1.82) is 15.8 Å². The number of hydrogen-bond donors (Lipinski definition) is 0. The summed E-state index contributed by atoms with van der Waals surface area (Å²) in [5.74, 6) is -0.660. The molecule has 1 aromatic carbocycles. The number of ether oxygens (including phenoxy) is 1. The summed E-state index contributed by atoms with van der Waals surface area (Å²) in [4.78, 5) is 2.35. The maximum Gasteiger partial charge on any atom is 0.432 e. The van der Waals surface area contributed by atoms with Crippen LogP contribution in [-0.2, 0) is 13.6 Å². The average Bonchev–Trinajstić information content (AvgIpc) is 3.39. The van der Waals surface area contributed by atoms with Crippen molar-refractivity contribution >= 4 is 51.0 Å². The van der Waals surface area contributed by atoms with Crippen molar-refractivity contribution in [3.63, 3.8) is 0 Å². The van der Waals surface area contributed by atoms with Crippen molar-refractivity contribution < 1.29 is 26.8 Å². The lowest BCUT2D eigenvalue weighted by Gasteiger charge is -2.38.